The van der Waals surface area contributed by atoms with Gasteiger partial charge in [0, 0.05) is 18.0 Å². The molecular weight excluding hydrogens is 278 g/mol. The maximum Gasteiger partial charge on any atom is 0.272 e. The zero-order valence-electron chi connectivity index (χ0n) is 12.3. The van der Waals surface area contributed by atoms with Crippen LogP contribution in [0.3, 0.4) is 0 Å². The fourth-order valence-electron chi connectivity index (χ4n) is 2.73. The van der Waals surface area contributed by atoms with Crippen LogP contribution >= 0.6 is 0 Å². The van der Waals surface area contributed by atoms with Gasteiger partial charge in [-0.05, 0) is 55.5 Å². The first-order chi connectivity index (χ1) is 10.7. The van der Waals surface area contributed by atoms with Crippen LogP contribution in [-0.2, 0) is 6.42 Å². The van der Waals surface area contributed by atoms with Crippen molar-refractivity contribution >= 4 is 11.6 Å². The van der Waals surface area contributed by atoms with Crippen molar-refractivity contribution < 1.29 is 9.90 Å². The molecule has 2 aromatic rings. The molecule has 1 aliphatic carbocycles. The van der Waals surface area contributed by atoms with Gasteiger partial charge in [0.15, 0.2) is 0 Å². The summed E-state index contributed by atoms with van der Waals surface area (Å²) >= 11 is 0. The van der Waals surface area contributed by atoms with E-state index in [0.717, 1.165) is 41.7 Å². The molecule has 1 aromatic carbocycles. The second-order valence-electron chi connectivity index (χ2n) is 5.35. The van der Waals surface area contributed by atoms with Gasteiger partial charge in [0.25, 0.3) is 5.91 Å². The lowest BCUT2D eigenvalue weighted by Gasteiger charge is -2.21. The smallest absolute Gasteiger partial charge is 0.272 e. The van der Waals surface area contributed by atoms with Gasteiger partial charge in [0.2, 0.25) is 0 Å². The highest BCUT2D eigenvalue weighted by Crippen LogP contribution is 2.31. The van der Waals surface area contributed by atoms with Crippen molar-refractivity contribution in [1.82, 2.24) is 10.4 Å². The molecule has 0 radical (unpaired) electrons. The highest BCUT2D eigenvalue weighted by Gasteiger charge is 2.21. The lowest BCUT2D eigenvalue weighted by atomic mass is 9.86. The number of aromatic nitrogens is 1. The van der Waals surface area contributed by atoms with E-state index in [-0.39, 0.29) is 11.7 Å². The molecule has 2 N–H and O–H groups in total. The number of carbonyl (C=O) groups excluding carboxylic acids is 1. The summed E-state index contributed by atoms with van der Waals surface area (Å²) in [6.45, 7) is 2.02. The first-order valence-electron chi connectivity index (χ1n) is 7.25. The van der Waals surface area contributed by atoms with Gasteiger partial charge in [0.1, 0.15) is 5.75 Å². The largest absolute Gasteiger partial charge is 0.507 e. The molecule has 5 heteroatoms. The average molecular weight is 295 g/mol. The number of hydrazone groups is 1. The number of hydrogen-bond acceptors (Lipinski definition) is 4. The number of hydrogen-bond donors (Lipinski definition) is 2. The highest BCUT2D eigenvalue weighted by atomic mass is 16.3. The highest BCUT2D eigenvalue weighted by molar-refractivity contribution is 6.06. The summed E-state index contributed by atoms with van der Waals surface area (Å²) in [4.78, 5) is 15.9. The molecular formula is C17H17N3O2. The molecule has 0 spiro atoms. The van der Waals surface area contributed by atoms with E-state index < -0.39 is 0 Å². The summed E-state index contributed by atoms with van der Waals surface area (Å²) < 4.78 is 0. The Kier molecular flexibility index (Phi) is 3.87. The summed E-state index contributed by atoms with van der Waals surface area (Å²) in [6, 6.07) is 6.97. The number of phenolic OH excluding ortho intramolecular Hbond substituents is 1. The topological polar surface area (TPSA) is 74.6 Å². The van der Waals surface area contributed by atoms with Gasteiger partial charge < -0.3 is 5.11 Å². The fourth-order valence-corrected chi connectivity index (χ4v) is 2.73. The summed E-state index contributed by atoms with van der Waals surface area (Å²) in [5.74, 6) is -0.0884. The third kappa shape index (κ3) is 2.70. The number of aryl methyl sites for hydroxylation is 1. The second-order valence-corrected chi connectivity index (χ2v) is 5.35. The first kappa shape index (κ1) is 14.3. The van der Waals surface area contributed by atoms with Crippen LogP contribution in [0, 0.1) is 6.92 Å². The molecule has 0 atom stereocenters. The van der Waals surface area contributed by atoms with Crippen LogP contribution in [0.5, 0.6) is 5.75 Å². The Labute approximate surface area is 128 Å². The molecule has 0 aliphatic heterocycles. The van der Waals surface area contributed by atoms with E-state index in [2.05, 4.69) is 15.5 Å². The predicted molar refractivity (Wildman–Crippen MR) is 84.0 cm³/mol. The van der Waals surface area contributed by atoms with Crippen LogP contribution in [0.1, 0.15) is 39.9 Å². The SMILES string of the molecule is Cc1ccc(O)c2c1CCC/C2=N\NC(=O)c1cccnc1. The van der Waals surface area contributed by atoms with E-state index >= 15 is 0 Å². The van der Waals surface area contributed by atoms with Crippen molar-refractivity contribution in [2.24, 2.45) is 5.10 Å². The molecule has 5 nitrogen and oxygen atoms in total. The van der Waals surface area contributed by atoms with Crippen LogP contribution in [0.4, 0.5) is 0 Å². The lowest BCUT2D eigenvalue weighted by molar-refractivity contribution is 0.0954. The van der Waals surface area contributed by atoms with E-state index in [1.165, 1.54) is 6.20 Å². The number of nitrogens with one attached hydrogen (secondary N) is 1. The average Bonchev–Trinajstić information content (AvgIpc) is 2.56. The van der Waals surface area contributed by atoms with Gasteiger partial charge in [-0.25, -0.2) is 5.43 Å². The molecule has 1 heterocycles. The third-order valence-corrected chi connectivity index (χ3v) is 3.87. The van der Waals surface area contributed by atoms with Crippen molar-refractivity contribution in [1.29, 1.82) is 0 Å². The first-order valence-corrected chi connectivity index (χ1v) is 7.25. The Morgan fingerprint density at radius 1 is 1.32 bits per heavy atom. The van der Waals surface area contributed by atoms with Crippen LogP contribution in [0.25, 0.3) is 0 Å². The van der Waals surface area contributed by atoms with Gasteiger partial charge in [-0.3, -0.25) is 9.78 Å². The van der Waals surface area contributed by atoms with Gasteiger partial charge in [0.05, 0.1) is 11.3 Å². The number of aromatic hydroxyl groups is 1. The Bertz CT molecular complexity index is 739. The fraction of sp³-hybridized carbons (Fsp3) is 0.235. The third-order valence-electron chi connectivity index (χ3n) is 3.87. The second kappa shape index (κ2) is 5.97. The maximum absolute atomic E-state index is 12.0. The Balaban J connectivity index is 1.88. The molecule has 0 saturated heterocycles. The van der Waals surface area contributed by atoms with Crippen LogP contribution in [-0.4, -0.2) is 21.7 Å². The van der Waals surface area contributed by atoms with E-state index in [1.807, 2.05) is 13.0 Å². The number of rotatable bonds is 2. The van der Waals surface area contributed by atoms with Crippen LogP contribution < -0.4 is 5.43 Å². The van der Waals surface area contributed by atoms with Crippen LogP contribution in [0.2, 0.25) is 0 Å². The van der Waals surface area contributed by atoms with Crippen molar-refractivity contribution in [2.75, 3.05) is 0 Å². The Hall–Kier alpha value is -2.69. The van der Waals surface area contributed by atoms with Crippen molar-refractivity contribution in [2.45, 2.75) is 26.2 Å². The van der Waals surface area contributed by atoms with E-state index in [1.54, 1.807) is 24.4 Å². The molecule has 1 aliphatic rings. The summed E-state index contributed by atoms with van der Waals surface area (Å²) in [7, 11) is 0. The standard InChI is InChI=1S/C17H17N3O2/c1-11-7-8-15(21)16-13(11)5-2-6-14(16)19-20-17(22)12-4-3-9-18-10-12/h3-4,7-10,21H,2,5-6H2,1H3,(H,20,22)/b19-14+. The number of fused-ring (bicyclic) bond motifs is 1. The number of phenols is 1. The van der Waals surface area contributed by atoms with Crippen molar-refractivity contribution in [3.05, 3.63) is 58.9 Å². The van der Waals surface area contributed by atoms with Gasteiger partial charge in [-0.2, -0.15) is 5.10 Å². The summed E-state index contributed by atoms with van der Waals surface area (Å²) in [6.07, 6.45) is 5.72. The predicted octanol–water partition coefficient (Wildman–Crippen LogP) is 2.57. The molecule has 22 heavy (non-hydrogen) atoms. The summed E-state index contributed by atoms with van der Waals surface area (Å²) in [5, 5.41) is 14.4. The molecule has 0 bridgehead atoms. The van der Waals surface area contributed by atoms with E-state index in [4.69, 9.17) is 0 Å². The number of nitrogens with zero attached hydrogens (tertiary/aromatic N) is 2. The number of pyridine rings is 1. The zero-order valence-corrected chi connectivity index (χ0v) is 12.3. The number of carbonyl (C=O) groups is 1. The monoisotopic (exact) mass is 295 g/mol. The minimum absolute atomic E-state index is 0.217. The van der Waals surface area contributed by atoms with E-state index in [0.29, 0.717) is 5.56 Å². The zero-order chi connectivity index (χ0) is 15.5. The number of benzene rings is 1. The quantitative estimate of drug-likeness (QED) is 0.836. The van der Waals surface area contributed by atoms with Gasteiger partial charge >= 0.3 is 0 Å². The van der Waals surface area contributed by atoms with Crippen molar-refractivity contribution in [3.63, 3.8) is 0 Å². The maximum atomic E-state index is 12.0. The molecule has 0 fully saturated rings. The molecule has 3 rings (SSSR count). The lowest BCUT2D eigenvalue weighted by Crippen LogP contribution is -2.22. The molecule has 1 aromatic heterocycles. The molecule has 112 valence electrons. The summed E-state index contributed by atoms with van der Waals surface area (Å²) in [5.41, 5.74) is 6.74. The normalized spacial score (nSPS) is 15.4. The van der Waals surface area contributed by atoms with Crippen LogP contribution in [0.15, 0.2) is 41.8 Å². The van der Waals surface area contributed by atoms with Gasteiger partial charge in [-0.1, -0.05) is 6.07 Å². The minimum Gasteiger partial charge on any atom is -0.507 e. The Morgan fingerprint density at radius 2 is 2.18 bits per heavy atom. The van der Waals surface area contributed by atoms with E-state index in [9.17, 15) is 9.90 Å². The Morgan fingerprint density at radius 3 is 2.95 bits per heavy atom. The molecule has 0 unspecified atom stereocenters. The number of amides is 1. The minimum atomic E-state index is -0.306. The van der Waals surface area contributed by atoms with Crippen molar-refractivity contribution in [3.8, 4) is 5.75 Å². The molecule has 1 amide bonds. The van der Waals surface area contributed by atoms with Gasteiger partial charge in [-0.15, -0.1) is 0 Å². The molecule has 0 saturated carbocycles.